The van der Waals surface area contributed by atoms with E-state index in [2.05, 4.69) is 5.32 Å². The van der Waals surface area contributed by atoms with Gasteiger partial charge in [0.25, 0.3) is 5.69 Å². The fourth-order valence-corrected chi connectivity index (χ4v) is 3.60. The topological polar surface area (TPSA) is 75.5 Å². The summed E-state index contributed by atoms with van der Waals surface area (Å²) < 4.78 is 0. The number of thioether (sulfide) groups is 1. The van der Waals surface area contributed by atoms with Gasteiger partial charge in [0.05, 0.1) is 17.2 Å². The van der Waals surface area contributed by atoms with Gasteiger partial charge in [-0.25, -0.2) is 0 Å². The third-order valence-corrected chi connectivity index (χ3v) is 4.93. The second-order valence-corrected chi connectivity index (χ2v) is 6.61. The molecule has 1 N–H and O–H groups in total. The fourth-order valence-electron chi connectivity index (χ4n) is 2.61. The van der Waals surface area contributed by atoms with Crippen molar-refractivity contribution in [2.45, 2.75) is 11.8 Å². The molecule has 7 heteroatoms. The molecule has 0 saturated heterocycles. The molecule has 0 spiro atoms. The first kappa shape index (κ1) is 16.3. The minimum absolute atomic E-state index is 0.00951. The standard InChI is InChI=1S/C17H17N3O3S/c1-12-6-7-13(20(22)23)10-14(12)18-11-17(21)19-8-9-24-16-5-3-2-4-15(16)19/h2-7,10,18H,8-9,11H2,1H3. The Hall–Kier alpha value is -2.54. The second-order valence-electron chi connectivity index (χ2n) is 5.47. The Morgan fingerprint density at radius 3 is 2.92 bits per heavy atom. The zero-order valence-electron chi connectivity index (χ0n) is 13.2. The van der Waals surface area contributed by atoms with Gasteiger partial charge in [-0.1, -0.05) is 18.2 Å². The van der Waals surface area contributed by atoms with E-state index in [1.165, 1.54) is 12.1 Å². The first-order chi connectivity index (χ1) is 11.6. The molecular formula is C17H17N3O3S. The lowest BCUT2D eigenvalue weighted by molar-refractivity contribution is -0.384. The maximum Gasteiger partial charge on any atom is 0.271 e. The van der Waals surface area contributed by atoms with Crippen LogP contribution in [0.25, 0.3) is 0 Å². The van der Waals surface area contributed by atoms with Crippen molar-refractivity contribution in [3.8, 4) is 0 Å². The van der Waals surface area contributed by atoms with E-state index in [4.69, 9.17) is 0 Å². The normalized spacial score (nSPS) is 13.3. The van der Waals surface area contributed by atoms with E-state index in [1.54, 1.807) is 22.7 Å². The SMILES string of the molecule is Cc1ccc([N+](=O)[O-])cc1NCC(=O)N1CCSc2ccccc21. The van der Waals surface area contributed by atoms with Crippen LogP contribution in [0.5, 0.6) is 0 Å². The lowest BCUT2D eigenvalue weighted by Crippen LogP contribution is -2.39. The Balaban J connectivity index is 1.73. The third-order valence-electron chi connectivity index (χ3n) is 3.89. The Morgan fingerprint density at radius 2 is 2.12 bits per heavy atom. The highest BCUT2D eigenvalue weighted by atomic mass is 32.2. The quantitative estimate of drug-likeness (QED) is 0.680. The van der Waals surface area contributed by atoms with Crippen LogP contribution in [0, 0.1) is 17.0 Å². The molecule has 0 saturated carbocycles. The zero-order valence-corrected chi connectivity index (χ0v) is 14.0. The lowest BCUT2D eigenvalue weighted by atomic mass is 10.2. The number of nitro benzene ring substituents is 1. The molecule has 0 aliphatic carbocycles. The summed E-state index contributed by atoms with van der Waals surface area (Å²) in [7, 11) is 0. The first-order valence-electron chi connectivity index (χ1n) is 7.57. The molecule has 3 rings (SSSR count). The molecule has 0 atom stereocenters. The van der Waals surface area contributed by atoms with Crippen LogP contribution < -0.4 is 10.2 Å². The predicted octanol–water partition coefficient (Wildman–Crippen LogP) is 3.45. The molecule has 2 aromatic rings. The molecule has 2 aromatic carbocycles. The Labute approximate surface area is 144 Å². The second kappa shape index (κ2) is 6.92. The number of nitrogens with zero attached hydrogens (tertiary/aromatic N) is 2. The number of para-hydroxylation sites is 1. The van der Waals surface area contributed by atoms with Gasteiger partial charge in [0, 0.05) is 35.0 Å². The molecule has 1 amide bonds. The van der Waals surface area contributed by atoms with Crippen LogP contribution in [0.1, 0.15) is 5.56 Å². The van der Waals surface area contributed by atoms with E-state index in [9.17, 15) is 14.9 Å². The van der Waals surface area contributed by atoms with Gasteiger partial charge in [0.2, 0.25) is 5.91 Å². The van der Waals surface area contributed by atoms with Gasteiger partial charge < -0.3 is 10.2 Å². The molecule has 0 radical (unpaired) electrons. The van der Waals surface area contributed by atoms with Gasteiger partial charge in [0.1, 0.15) is 0 Å². The van der Waals surface area contributed by atoms with Crippen LogP contribution >= 0.6 is 11.8 Å². The Bertz CT molecular complexity index is 794. The number of hydrogen-bond acceptors (Lipinski definition) is 5. The summed E-state index contributed by atoms with van der Waals surface area (Å²) in [6.07, 6.45) is 0. The number of carbonyl (C=O) groups excluding carboxylic acids is 1. The summed E-state index contributed by atoms with van der Waals surface area (Å²) in [5, 5.41) is 13.9. The van der Waals surface area contributed by atoms with Crippen molar-refractivity contribution in [1.29, 1.82) is 0 Å². The van der Waals surface area contributed by atoms with E-state index >= 15 is 0 Å². The summed E-state index contributed by atoms with van der Waals surface area (Å²) in [6.45, 7) is 2.61. The van der Waals surface area contributed by atoms with Gasteiger partial charge in [0.15, 0.2) is 0 Å². The molecule has 1 heterocycles. The highest BCUT2D eigenvalue weighted by Gasteiger charge is 2.22. The van der Waals surface area contributed by atoms with Gasteiger partial charge >= 0.3 is 0 Å². The molecule has 24 heavy (non-hydrogen) atoms. The van der Waals surface area contributed by atoms with E-state index < -0.39 is 4.92 Å². The number of anilines is 2. The van der Waals surface area contributed by atoms with Gasteiger partial charge in [-0.2, -0.15) is 0 Å². The molecule has 124 valence electrons. The zero-order chi connectivity index (χ0) is 17.1. The minimum atomic E-state index is -0.440. The molecule has 0 unspecified atom stereocenters. The lowest BCUT2D eigenvalue weighted by Gasteiger charge is -2.29. The molecule has 1 aliphatic heterocycles. The molecule has 0 aromatic heterocycles. The van der Waals surface area contributed by atoms with E-state index in [1.807, 2.05) is 31.2 Å². The minimum Gasteiger partial charge on any atom is -0.376 e. The average Bonchev–Trinajstić information content (AvgIpc) is 2.60. The number of rotatable bonds is 4. The van der Waals surface area contributed by atoms with Crippen LogP contribution in [0.3, 0.4) is 0 Å². The first-order valence-corrected chi connectivity index (χ1v) is 8.56. The van der Waals surface area contributed by atoms with Crippen LogP contribution in [0.4, 0.5) is 17.1 Å². The van der Waals surface area contributed by atoms with Crippen LogP contribution in [-0.2, 0) is 4.79 Å². The average molecular weight is 343 g/mol. The molecule has 1 aliphatic rings. The summed E-state index contributed by atoms with van der Waals surface area (Å²) in [5.74, 6) is 0.812. The number of fused-ring (bicyclic) bond motifs is 1. The van der Waals surface area contributed by atoms with Crippen molar-refractivity contribution in [2.24, 2.45) is 0 Å². The predicted molar refractivity (Wildman–Crippen MR) is 95.8 cm³/mol. The number of carbonyl (C=O) groups is 1. The van der Waals surface area contributed by atoms with Crippen molar-refractivity contribution < 1.29 is 9.72 Å². The van der Waals surface area contributed by atoms with Crippen LogP contribution in [0.15, 0.2) is 47.4 Å². The van der Waals surface area contributed by atoms with Crippen molar-refractivity contribution in [3.63, 3.8) is 0 Å². The van der Waals surface area contributed by atoms with Crippen molar-refractivity contribution in [3.05, 3.63) is 58.1 Å². The summed E-state index contributed by atoms with van der Waals surface area (Å²) in [6, 6.07) is 12.4. The third kappa shape index (κ3) is 3.35. The fraction of sp³-hybridized carbons (Fsp3) is 0.235. The van der Waals surface area contributed by atoms with Crippen molar-refractivity contribution in [1.82, 2.24) is 0 Å². The van der Waals surface area contributed by atoms with Gasteiger partial charge in [-0.15, -0.1) is 11.8 Å². The molecule has 0 bridgehead atoms. The number of aryl methyl sites for hydroxylation is 1. The largest absolute Gasteiger partial charge is 0.376 e. The van der Waals surface area contributed by atoms with E-state index in [-0.39, 0.29) is 18.1 Å². The maximum absolute atomic E-state index is 12.6. The van der Waals surface area contributed by atoms with Crippen molar-refractivity contribution >= 4 is 34.7 Å². The van der Waals surface area contributed by atoms with Gasteiger partial charge in [-0.05, 0) is 24.6 Å². The van der Waals surface area contributed by atoms with Crippen LogP contribution in [-0.4, -0.2) is 29.7 Å². The number of nitrogens with one attached hydrogen (secondary N) is 1. The maximum atomic E-state index is 12.6. The number of hydrogen-bond donors (Lipinski definition) is 1. The molecule has 6 nitrogen and oxygen atoms in total. The van der Waals surface area contributed by atoms with E-state index in [0.717, 1.165) is 21.9 Å². The number of non-ortho nitro benzene ring substituents is 1. The van der Waals surface area contributed by atoms with E-state index in [0.29, 0.717) is 12.2 Å². The number of nitro groups is 1. The van der Waals surface area contributed by atoms with Gasteiger partial charge in [-0.3, -0.25) is 14.9 Å². The van der Waals surface area contributed by atoms with Crippen molar-refractivity contribution in [2.75, 3.05) is 29.1 Å². The number of amides is 1. The monoisotopic (exact) mass is 343 g/mol. The highest BCUT2D eigenvalue weighted by Crippen LogP contribution is 2.34. The summed E-state index contributed by atoms with van der Waals surface area (Å²) in [4.78, 5) is 25.9. The molecular weight excluding hydrogens is 326 g/mol. The number of benzene rings is 2. The molecule has 0 fully saturated rings. The van der Waals surface area contributed by atoms with Crippen LogP contribution in [0.2, 0.25) is 0 Å². The Morgan fingerprint density at radius 1 is 1.33 bits per heavy atom. The summed E-state index contributed by atoms with van der Waals surface area (Å²) in [5.41, 5.74) is 2.41. The Kier molecular flexibility index (Phi) is 4.71. The smallest absolute Gasteiger partial charge is 0.271 e. The summed E-state index contributed by atoms with van der Waals surface area (Å²) >= 11 is 1.74. The highest BCUT2D eigenvalue weighted by molar-refractivity contribution is 7.99.